The summed E-state index contributed by atoms with van der Waals surface area (Å²) in [6, 6.07) is 22.4. The molecule has 7 nitrogen and oxygen atoms in total. The summed E-state index contributed by atoms with van der Waals surface area (Å²) >= 11 is 6.49. The van der Waals surface area contributed by atoms with Crippen molar-refractivity contribution in [2.24, 2.45) is 5.92 Å². The van der Waals surface area contributed by atoms with E-state index in [2.05, 4.69) is 0 Å². The predicted octanol–water partition coefficient (Wildman–Crippen LogP) is 5.15. The molecule has 0 radical (unpaired) electrons. The van der Waals surface area contributed by atoms with Crippen LogP contribution in [0.5, 0.6) is 0 Å². The first-order chi connectivity index (χ1) is 19.6. The van der Waals surface area contributed by atoms with Gasteiger partial charge in [0.15, 0.2) is 13.9 Å². The second-order valence-electron chi connectivity index (χ2n) is 12.0. The third-order valence-corrected chi connectivity index (χ3v) is 11.9. The molecule has 3 aromatic carbocycles. The molecule has 3 aromatic rings. The van der Waals surface area contributed by atoms with E-state index in [1.165, 1.54) is 0 Å². The number of fused-ring (bicyclic) bond motifs is 3. The van der Waals surface area contributed by atoms with Crippen molar-refractivity contribution >= 4 is 43.1 Å². The zero-order chi connectivity index (χ0) is 29.1. The summed E-state index contributed by atoms with van der Waals surface area (Å²) in [5.41, 5.74) is 2.45. The van der Waals surface area contributed by atoms with E-state index in [9.17, 15) is 19.5 Å². The van der Waals surface area contributed by atoms with Gasteiger partial charge in [-0.2, -0.15) is 0 Å². The van der Waals surface area contributed by atoms with E-state index in [1.54, 1.807) is 21.9 Å². The number of anilines is 2. The van der Waals surface area contributed by atoms with Gasteiger partial charge >= 0.3 is 0 Å². The van der Waals surface area contributed by atoms with Gasteiger partial charge in [0, 0.05) is 34.3 Å². The highest BCUT2D eigenvalue weighted by Gasteiger charge is 2.66. The second-order valence-corrected chi connectivity index (χ2v) is 16.4. The third kappa shape index (κ3) is 4.53. The van der Waals surface area contributed by atoms with E-state index in [4.69, 9.17) is 16.3 Å². The van der Waals surface area contributed by atoms with Gasteiger partial charge in [-0.05, 0) is 61.0 Å². The third-order valence-electron chi connectivity index (χ3n) is 9.13. The Morgan fingerprint density at radius 2 is 1.76 bits per heavy atom. The summed E-state index contributed by atoms with van der Waals surface area (Å²) in [7, 11) is -2.96. The first-order valence-electron chi connectivity index (χ1n) is 14.1. The van der Waals surface area contributed by atoms with Crippen molar-refractivity contribution < 1.29 is 24.2 Å². The Morgan fingerprint density at radius 3 is 2.44 bits per heavy atom. The van der Waals surface area contributed by atoms with Crippen molar-refractivity contribution in [3.8, 4) is 0 Å². The molecular formula is C32H35ClN2O5Si. The molecule has 3 aliphatic heterocycles. The average molecular weight is 591 g/mol. The fourth-order valence-electron chi connectivity index (χ4n) is 7.34. The summed E-state index contributed by atoms with van der Waals surface area (Å²) in [6.45, 7) is 5.89. The molecule has 214 valence electrons. The molecule has 1 fully saturated rings. The highest BCUT2D eigenvalue weighted by Crippen LogP contribution is 2.61. The van der Waals surface area contributed by atoms with Gasteiger partial charge < -0.3 is 19.5 Å². The minimum absolute atomic E-state index is 0.000922. The molecule has 6 rings (SSSR count). The Labute approximate surface area is 246 Å². The highest BCUT2D eigenvalue weighted by atomic mass is 35.5. The lowest BCUT2D eigenvalue weighted by Crippen LogP contribution is -2.48. The van der Waals surface area contributed by atoms with Crippen molar-refractivity contribution in [3.05, 3.63) is 94.5 Å². The fourth-order valence-corrected chi connectivity index (χ4v) is 10.1. The van der Waals surface area contributed by atoms with Crippen LogP contribution in [0, 0.1) is 5.92 Å². The molecule has 3 aliphatic rings. The molecule has 41 heavy (non-hydrogen) atoms. The maximum Gasteiger partial charge on any atom is 0.268 e. The summed E-state index contributed by atoms with van der Waals surface area (Å²) in [5.74, 6) is -0.819. The standard InChI is InChI=1S/C32H35ClN2O5Si/c1-20-30(41(2,3)39)28(17-29(37)34-18-22-10-8-7-9-21(22)15-25(34)19-36)40-32(20)26-16-23(33)13-14-27(26)35(31(32)38)24-11-5-4-6-12-24/h4-14,16,20,25,28,30,36,39H,15,17-19H2,1-3H3/t20-,25+,28+,30-,32+/m1/s1. The zero-order valence-electron chi connectivity index (χ0n) is 23.5. The van der Waals surface area contributed by atoms with Crippen LogP contribution in [0.1, 0.15) is 30.0 Å². The number of benzene rings is 3. The largest absolute Gasteiger partial charge is 0.432 e. The second kappa shape index (κ2) is 10.4. The summed E-state index contributed by atoms with van der Waals surface area (Å²) < 4.78 is 6.82. The molecule has 1 spiro atoms. The number of aliphatic hydroxyl groups is 1. The van der Waals surface area contributed by atoms with Crippen LogP contribution in [0.3, 0.4) is 0 Å². The highest BCUT2D eigenvalue weighted by molar-refractivity contribution is 6.71. The molecule has 0 saturated carbocycles. The maximum absolute atomic E-state index is 14.5. The Hall–Kier alpha value is -3.01. The van der Waals surface area contributed by atoms with Gasteiger partial charge in [0.2, 0.25) is 5.91 Å². The minimum Gasteiger partial charge on any atom is -0.432 e. The van der Waals surface area contributed by atoms with Crippen LogP contribution >= 0.6 is 11.6 Å². The molecule has 9 heteroatoms. The minimum atomic E-state index is -2.96. The average Bonchev–Trinajstić information content (AvgIpc) is 3.38. The number of rotatable bonds is 5. The van der Waals surface area contributed by atoms with Crippen LogP contribution in [-0.2, 0) is 32.9 Å². The molecule has 0 aromatic heterocycles. The SMILES string of the molecule is C[C@@H]1[C@@H]([Si](C)(C)O)[C@H](CC(=O)N2Cc3ccccc3C[C@H]2CO)O[C@@]12C(=O)N(c1ccccc1)c1ccc(Cl)cc12. The van der Waals surface area contributed by atoms with Crippen LogP contribution in [0.15, 0.2) is 72.8 Å². The van der Waals surface area contributed by atoms with Crippen LogP contribution in [-0.4, -0.2) is 53.7 Å². The van der Waals surface area contributed by atoms with Gasteiger partial charge in [-0.25, -0.2) is 0 Å². The molecular weight excluding hydrogens is 556 g/mol. The van der Waals surface area contributed by atoms with Gasteiger partial charge in [-0.3, -0.25) is 14.5 Å². The topological polar surface area (TPSA) is 90.3 Å². The molecule has 2 N–H and O–H groups in total. The van der Waals surface area contributed by atoms with Gasteiger partial charge in [-0.1, -0.05) is 61.0 Å². The number of amides is 2. The number of halogens is 1. The van der Waals surface area contributed by atoms with Crippen molar-refractivity contribution in [1.29, 1.82) is 0 Å². The van der Waals surface area contributed by atoms with Gasteiger partial charge in [0.05, 0.1) is 30.9 Å². The summed E-state index contributed by atoms with van der Waals surface area (Å²) in [5, 5.41) is 10.7. The van der Waals surface area contributed by atoms with Crippen molar-refractivity contribution in [1.82, 2.24) is 4.90 Å². The number of nitrogens with zero attached hydrogens (tertiary/aromatic N) is 2. The van der Waals surface area contributed by atoms with E-state index < -0.39 is 31.5 Å². The first kappa shape index (κ1) is 28.1. The van der Waals surface area contributed by atoms with Crippen molar-refractivity contribution in [2.45, 2.75) is 62.7 Å². The Bertz CT molecular complexity index is 1490. The lowest BCUT2D eigenvalue weighted by molar-refractivity contribution is -0.150. The van der Waals surface area contributed by atoms with Crippen molar-refractivity contribution in [2.75, 3.05) is 11.5 Å². The summed E-state index contributed by atoms with van der Waals surface area (Å²) in [4.78, 5) is 43.4. The fraction of sp³-hybridized carbons (Fsp3) is 0.375. The van der Waals surface area contributed by atoms with E-state index in [0.717, 1.165) is 11.1 Å². The lowest BCUT2D eigenvalue weighted by atomic mass is 9.82. The Kier molecular flexibility index (Phi) is 7.11. The van der Waals surface area contributed by atoms with E-state index in [-0.39, 0.29) is 30.9 Å². The van der Waals surface area contributed by atoms with Crippen LogP contribution in [0.2, 0.25) is 23.7 Å². The van der Waals surface area contributed by atoms with E-state index >= 15 is 0 Å². The van der Waals surface area contributed by atoms with Gasteiger partial charge in [0.1, 0.15) is 0 Å². The molecule has 0 aliphatic carbocycles. The van der Waals surface area contributed by atoms with Crippen LogP contribution < -0.4 is 4.90 Å². The molecule has 2 amide bonds. The molecule has 1 saturated heterocycles. The Morgan fingerprint density at radius 1 is 1.07 bits per heavy atom. The van der Waals surface area contributed by atoms with Crippen LogP contribution in [0.4, 0.5) is 11.4 Å². The number of hydrogen-bond donors (Lipinski definition) is 2. The molecule has 3 heterocycles. The monoisotopic (exact) mass is 590 g/mol. The number of hydrogen-bond acceptors (Lipinski definition) is 5. The normalized spacial score (nSPS) is 27.3. The molecule has 5 atom stereocenters. The van der Waals surface area contributed by atoms with Gasteiger partial charge in [0.25, 0.3) is 5.91 Å². The molecule has 0 bridgehead atoms. The number of carbonyl (C=O) groups is 2. The first-order valence-corrected chi connectivity index (χ1v) is 17.5. The van der Waals surface area contributed by atoms with E-state index in [1.807, 2.05) is 80.7 Å². The van der Waals surface area contributed by atoms with Gasteiger partial charge in [-0.15, -0.1) is 0 Å². The zero-order valence-corrected chi connectivity index (χ0v) is 25.2. The number of para-hydroxylation sites is 1. The Balaban J connectivity index is 1.38. The van der Waals surface area contributed by atoms with Crippen molar-refractivity contribution in [3.63, 3.8) is 0 Å². The number of carbonyl (C=O) groups excluding carboxylic acids is 2. The maximum atomic E-state index is 14.5. The predicted molar refractivity (Wildman–Crippen MR) is 160 cm³/mol. The summed E-state index contributed by atoms with van der Waals surface area (Å²) in [6.07, 6.45) is -0.113. The van der Waals surface area contributed by atoms with Crippen LogP contribution in [0.25, 0.3) is 0 Å². The number of aliphatic hydroxyl groups excluding tert-OH is 1. The molecule has 0 unspecified atom stereocenters. The quantitative estimate of drug-likeness (QED) is 0.401. The van der Waals surface area contributed by atoms with E-state index in [0.29, 0.717) is 34.9 Å². The number of ether oxygens (including phenoxy) is 1. The lowest BCUT2D eigenvalue weighted by Gasteiger charge is -2.37. The smallest absolute Gasteiger partial charge is 0.268 e.